The summed E-state index contributed by atoms with van der Waals surface area (Å²) in [6.45, 7) is 0. The molecule has 0 bridgehead atoms. The van der Waals surface area contributed by atoms with Crippen LogP contribution in [0.2, 0.25) is 0 Å². The zero-order chi connectivity index (χ0) is 12.1. The Kier molecular flexibility index (Phi) is 1.76. The van der Waals surface area contributed by atoms with Crippen LogP contribution in [0.15, 0.2) is 60.2 Å². The number of fused-ring (bicyclic) bond motifs is 5. The van der Waals surface area contributed by atoms with E-state index in [1.54, 1.807) is 6.08 Å². The van der Waals surface area contributed by atoms with Crippen molar-refractivity contribution in [3.8, 4) is 0 Å². The third kappa shape index (κ3) is 1.13. The van der Waals surface area contributed by atoms with Gasteiger partial charge in [0.1, 0.15) is 0 Å². The summed E-state index contributed by atoms with van der Waals surface area (Å²) in [6.07, 6.45) is 7.50. The first-order chi connectivity index (χ1) is 8.84. The highest BCUT2D eigenvalue weighted by Crippen LogP contribution is 2.41. The molecular weight excluding hydrogens is 220 g/mol. The van der Waals surface area contributed by atoms with E-state index < -0.39 is 0 Å². The molecule has 2 aliphatic rings. The topological polar surface area (TPSA) is 17.1 Å². The summed E-state index contributed by atoms with van der Waals surface area (Å²) in [6, 6.07) is 12.5. The van der Waals surface area contributed by atoms with Gasteiger partial charge < -0.3 is 0 Å². The summed E-state index contributed by atoms with van der Waals surface area (Å²) in [5.41, 5.74) is 4.23. The second-order valence-corrected chi connectivity index (χ2v) is 4.61. The lowest BCUT2D eigenvalue weighted by atomic mass is 9.92. The van der Waals surface area contributed by atoms with Gasteiger partial charge in [0.05, 0.1) is 0 Å². The van der Waals surface area contributed by atoms with Crippen molar-refractivity contribution in [3.63, 3.8) is 0 Å². The Labute approximate surface area is 105 Å². The van der Waals surface area contributed by atoms with Crippen molar-refractivity contribution < 1.29 is 4.79 Å². The number of benzene rings is 2. The van der Waals surface area contributed by atoms with E-state index in [4.69, 9.17) is 0 Å². The normalized spacial score (nSPS) is 16.3. The largest absolute Gasteiger partial charge is 0.289 e. The monoisotopic (exact) mass is 230 g/mol. The van der Waals surface area contributed by atoms with Gasteiger partial charge in [-0.15, -0.1) is 0 Å². The van der Waals surface area contributed by atoms with Crippen LogP contribution in [0.5, 0.6) is 0 Å². The van der Waals surface area contributed by atoms with E-state index in [2.05, 4.69) is 24.3 Å². The van der Waals surface area contributed by atoms with Gasteiger partial charge in [0.15, 0.2) is 5.78 Å². The van der Waals surface area contributed by atoms with Crippen LogP contribution in [0.3, 0.4) is 0 Å². The van der Waals surface area contributed by atoms with Gasteiger partial charge in [-0.2, -0.15) is 0 Å². The van der Waals surface area contributed by atoms with Crippen molar-refractivity contribution in [2.45, 2.75) is 0 Å². The highest BCUT2D eigenvalue weighted by atomic mass is 16.1. The fraction of sp³-hybridized carbons (Fsp3) is 0. The Hall–Kier alpha value is -2.41. The average molecular weight is 230 g/mol. The Balaban J connectivity index is 2.12. The summed E-state index contributed by atoms with van der Waals surface area (Å²) in [7, 11) is 0. The van der Waals surface area contributed by atoms with E-state index in [9.17, 15) is 4.79 Å². The van der Waals surface area contributed by atoms with Gasteiger partial charge >= 0.3 is 0 Å². The van der Waals surface area contributed by atoms with Crippen molar-refractivity contribution in [1.82, 2.24) is 0 Å². The number of carbonyl (C=O) groups excluding carboxylic acids is 1. The molecule has 0 amide bonds. The van der Waals surface area contributed by atoms with Crippen LogP contribution in [0.4, 0.5) is 0 Å². The fourth-order valence-electron chi connectivity index (χ4n) is 2.78. The van der Waals surface area contributed by atoms with Gasteiger partial charge in [-0.3, -0.25) is 4.79 Å². The summed E-state index contributed by atoms with van der Waals surface area (Å²) in [4.78, 5) is 11.9. The molecule has 0 fully saturated rings. The van der Waals surface area contributed by atoms with E-state index in [1.165, 1.54) is 16.3 Å². The predicted molar refractivity (Wildman–Crippen MR) is 74.0 cm³/mol. The molecule has 4 rings (SSSR count). The quantitative estimate of drug-likeness (QED) is 0.673. The van der Waals surface area contributed by atoms with E-state index in [1.807, 2.05) is 30.4 Å². The number of carbonyl (C=O) groups is 1. The van der Waals surface area contributed by atoms with Crippen LogP contribution in [0, 0.1) is 0 Å². The maximum absolute atomic E-state index is 11.9. The molecule has 0 N–H and O–H groups in total. The summed E-state index contributed by atoms with van der Waals surface area (Å²) in [5, 5.41) is 2.43. The summed E-state index contributed by atoms with van der Waals surface area (Å²) in [5.74, 6) is 0.104. The van der Waals surface area contributed by atoms with Crippen molar-refractivity contribution in [2.75, 3.05) is 0 Å². The van der Waals surface area contributed by atoms with E-state index >= 15 is 0 Å². The molecule has 0 heterocycles. The standard InChI is InChI=1S/C17H10O/c18-16-7-3-6-14-15(16)10-12-9-8-11-4-1-2-5-13(11)17(12)14/h1-10H. The second kappa shape index (κ2) is 3.30. The zero-order valence-corrected chi connectivity index (χ0v) is 9.68. The van der Waals surface area contributed by atoms with Gasteiger partial charge in [-0.05, 0) is 39.6 Å². The highest BCUT2D eigenvalue weighted by molar-refractivity contribution is 6.25. The molecule has 2 aromatic rings. The molecule has 0 spiro atoms. The number of hydrogen-bond donors (Lipinski definition) is 0. The predicted octanol–water partition coefficient (Wildman–Crippen LogP) is 3.76. The molecule has 0 saturated carbocycles. The van der Waals surface area contributed by atoms with Crippen LogP contribution in [0.25, 0.3) is 22.4 Å². The lowest BCUT2D eigenvalue weighted by molar-refractivity contribution is -0.110. The maximum atomic E-state index is 11.9. The third-order valence-corrected chi connectivity index (χ3v) is 3.60. The molecule has 0 radical (unpaired) electrons. The molecule has 1 heteroatoms. The molecule has 0 atom stereocenters. The lowest BCUT2D eigenvalue weighted by Crippen LogP contribution is -2.01. The number of rotatable bonds is 0. The SMILES string of the molecule is O=C1C=CC=C2C1=Cc1ccc3ccccc3c12. The Morgan fingerprint density at radius 1 is 0.889 bits per heavy atom. The zero-order valence-electron chi connectivity index (χ0n) is 9.68. The fourth-order valence-corrected chi connectivity index (χ4v) is 2.78. The average Bonchev–Trinajstić information content (AvgIpc) is 2.79. The van der Waals surface area contributed by atoms with Crippen molar-refractivity contribution >= 4 is 28.2 Å². The molecule has 0 unspecified atom stereocenters. The van der Waals surface area contributed by atoms with Crippen molar-refractivity contribution in [2.24, 2.45) is 0 Å². The first-order valence-corrected chi connectivity index (χ1v) is 6.01. The van der Waals surface area contributed by atoms with Crippen LogP contribution in [-0.2, 0) is 4.79 Å². The van der Waals surface area contributed by atoms with Crippen molar-refractivity contribution in [3.05, 3.63) is 71.3 Å². The van der Waals surface area contributed by atoms with Crippen LogP contribution in [0.1, 0.15) is 11.1 Å². The number of allylic oxidation sites excluding steroid dienone is 5. The molecule has 0 saturated heterocycles. The molecule has 0 aliphatic heterocycles. The smallest absolute Gasteiger partial charge is 0.186 e. The first-order valence-electron chi connectivity index (χ1n) is 6.01. The molecule has 2 aromatic carbocycles. The van der Waals surface area contributed by atoms with Crippen molar-refractivity contribution in [1.29, 1.82) is 0 Å². The maximum Gasteiger partial charge on any atom is 0.186 e. The Morgan fingerprint density at radius 2 is 1.78 bits per heavy atom. The van der Waals surface area contributed by atoms with Gasteiger partial charge in [-0.25, -0.2) is 0 Å². The van der Waals surface area contributed by atoms with Gasteiger partial charge in [-0.1, -0.05) is 48.6 Å². The van der Waals surface area contributed by atoms with Crippen LogP contribution >= 0.6 is 0 Å². The lowest BCUT2D eigenvalue weighted by Gasteiger charge is -2.10. The van der Waals surface area contributed by atoms with E-state index in [-0.39, 0.29) is 5.78 Å². The molecule has 1 nitrogen and oxygen atoms in total. The first kappa shape index (κ1) is 9.60. The number of ketones is 1. The van der Waals surface area contributed by atoms with Gasteiger partial charge in [0, 0.05) is 5.57 Å². The van der Waals surface area contributed by atoms with E-state index in [0.29, 0.717) is 0 Å². The van der Waals surface area contributed by atoms with Crippen LogP contribution in [-0.4, -0.2) is 5.78 Å². The van der Waals surface area contributed by atoms with Gasteiger partial charge in [0.2, 0.25) is 0 Å². The minimum absolute atomic E-state index is 0.104. The summed E-state index contributed by atoms with van der Waals surface area (Å²) < 4.78 is 0. The molecular formula is C17H10O. The van der Waals surface area contributed by atoms with E-state index in [0.717, 1.165) is 16.7 Å². The second-order valence-electron chi connectivity index (χ2n) is 4.61. The molecule has 84 valence electrons. The minimum atomic E-state index is 0.104. The highest BCUT2D eigenvalue weighted by Gasteiger charge is 2.25. The summed E-state index contributed by atoms with van der Waals surface area (Å²) >= 11 is 0. The van der Waals surface area contributed by atoms with Gasteiger partial charge in [0.25, 0.3) is 0 Å². The number of hydrogen-bond acceptors (Lipinski definition) is 1. The Bertz CT molecular complexity index is 788. The Morgan fingerprint density at radius 3 is 2.72 bits per heavy atom. The van der Waals surface area contributed by atoms with Crippen LogP contribution < -0.4 is 0 Å². The minimum Gasteiger partial charge on any atom is -0.289 e. The molecule has 2 aliphatic carbocycles. The third-order valence-electron chi connectivity index (χ3n) is 3.60. The molecule has 0 aromatic heterocycles. The molecule has 18 heavy (non-hydrogen) atoms.